The van der Waals surface area contributed by atoms with Gasteiger partial charge in [-0.1, -0.05) is 36.2 Å². The number of hydrogen-bond acceptors (Lipinski definition) is 2. The van der Waals surface area contributed by atoms with Gasteiger partial charge in [0.25, 0.3) is 5.91 Å². The van der Waals surface area contributed by atoms with Crippen molar-refractivity contribution in [3.8, 4) is 0 Å². The van der Waals surface area contributed by atoms with Crippen LogP contribution in [0.15, 0.2) is 18.2 Å². The molecule has 1 aromatic rings. The molecule has 2 atom stereocenters. The Morgan fingerprint density at radius 2 is 1.84 bits per heavy atom. The summed E-state index contributed by atoms with van der Waals surface area (Å²) in [5.41, 5.74) is 0.240. The lowest BCUT2D eigenvalue weighted by molar-refractivity contribution is -0.142. The molecule has 1 fully saturated rings. The Labute approximate surface area is 120 Å². The van der Waals surface area contributed by atoms with Gasteiger partial charge in [-0.05, 0) is 18.1 Å². The predicted octanol–water partition coefficient (Wildman–Crippen LogP) is 2.79. The van der Waals surface area contributed by atoms with Gasteiger partial charge in [-0.25, -0.2) is 0 Å². The van der Waals surface area contributed by atoms with E-state index in [0.717, 1.165) is 0 Å². The fraction of sp³-hybridized carbons (Fsp3) is 0.385. The molecule has 0 aromatic heterocycles. The number of aliphatic carboxylic acids is 1. The van der Waals surface area contributed by atoms with Crippen LogP contribution < -0.4 is 0 Å². The van der Waals surface area contributed by atoms with Gasteiger partial charge in [-0.2, -0.15) is 0 Å². The molecular formula is C13H13Cl2NO3. The third kappa shape index (κ3) is 2.69. The van der Waals surface area contributed by atoms with Crippen LogP contribution in [-0.4, -0.2) is 35.0 Å². The summed E-state index contributed by atoms with van der Waals surface area (Å²) in [6.45, 7) is 2.41. The first-order valence-electron chi connectivity index (χ1n) is 5.88. The second-order valence-corrected chi connectivity index (χ2v) is 5.54. The minimum atomic E-state index is -0.881. The van der Waals surface area contributed by atoms with E-state index in [4.69, 9.17) is 28.3 Å². The van der Waals surface area contributed by atoms with Crippen molar-refractivity contribution < 1.29 is 14.7 Å². The van der Waals surface area contributed by atoms with Gasteiger partial charge in [0.05, 0.1) is 21.5 Å². The van der Waals surface area contributed by atoms with Crippen molar-refractivity contribution in [3.63, 3.8) is 0 Å². The van der Waals surface area contributed by atoms with E-state index in [-0.39, 0.29) is 34.0 Å². The quantitative estimate of drug-likeness (QED) is 0.914. The van der Waals surface area contributed by atoms with E-state index in [0.29, 0.717) is 6.54 Å². The molecule has 19 heavy (non-hydrogen) atoms. The maximum atomic E-state index is 12.4. The second-order valence-electron chi connectivity index (χ2n) is 4.73. The number of amides is 1. The molecule has 0 bridgehead atoms. The highest BCUT2D eigenvalue weighted by Gasteiger charge is 2.38. The largest absolute Gasteiger partial charge is 0.481 e. The predicted molar refractivity (Wildman–Crippen MR) is 72.7 cm³/mol. The first kappa shape index (κ1) is 14.2. The first-order chi connectivity index (χ1) is 8.91. The van der Waals surface area contributed by atoms with Crippen LogP contribution in [-0.2, 0) is 4.79 Å². The van der Waals surface area contributed by atoms with Crippen LogP contribution in [0.4, 0.5) is 0 Å². The summed E-state index contributed by atoms with van der Waals surface area (Å²) >= 11 is 12.0. The van der Waals surface area contributed by atoms with E-state index in [1.807, 2.05) is 6.92 Å². The summed E-state index contributed by atoms with van der Waals surface area (Å²) < 4.78 is 0. The summed E-state index contributed by atoms with van der Waals surface area (Å²) in [5.74, 6) is -1.81. The Kier molecular flexibility index (Phi) is 4.02. The molecule has 0 aliphatic carbocycles. The summed E-state index contributed by atoms with van der Waals surface area (Å²) in [5, 5.41) is 9.64. The molecular weight excluding hydrogens is 289 g/mol. The molecule has 4 nitrogen and oxygen atoms in total. The van der Waals surface area contributed by atoms with Crippen molar-refractivity contribution in [3.05, 3.63) is 33.8 Å². The second kappa shape index (κ2) is 5.39. The number of nitrogens with zero attached hydrogens (tertiary/aromatic N) is 1. The summed E-state index contributed by atoms with van der Waals surface area (Å²) in [6.07, 6.45) is 0. The number of halogens is 2. The molecule has 1 saturated heterocycles. The molecule has 0 saturated carbocycles. The zero-order valence-corrected chi connectivity index (χ0v) is 11.8. The third-order valence-electron chi connectivity index (χ3n) is 3.39. The van der Waals surface area contributed by atoms with Gasteiger partial charge in [0.15, 0.2) is 0 Å². The van der Waals surface area contributed by atoms with Crippen molar-refractivity contribution in [1.82, 2.24) is 4.90 Å². The van der Waals surface area contributed by atoms with Crippen LogP contribution in [0.3, 0.4) is 0 Å². The van der Waals surface area contributed by atoms with Gasteiger partial charge >= 0.3 is 5.97 Å². The fourth-order valence-electron chi connectivity index (χ4n) is 2.31. The number of benzene rings is 1. The Morgan fingerprint density at radius 3 is 2.32 bits per heavy atom. The molecule has 0 radical (unpaired) electrons. The van der Waals surface area contributed by atoms with Crippen LogP contribution in [0.2, 0.25) is 10.0 Å². The normalized spacial score (nSPS) is 22.6. The number of carbonyl (C=O) groups is 2. The zero-order chi connectivity index (χ0) is 14.2. The number of likely N-dealkylation sites (tertiary alicyclic amines) is 1. The maximum Gasteiger partial charge on any atom is 0.308 e. The Hall–Kier alpha value is -1.26. The number of carboxylic acid groups (broad SMARTS) is 1. The van der Waals surface area contributed by atoms with Crippen LogP contribution >= 0.6 is 23.2 Å². The van der Waals surface area contributed by atoms with Crippen LogP contribution in [0.25, 0.3) is 0 Å². The summed E-state index contributed by atoms with van der Waals surface area (Å²) in [4.78, 5) is 24.9. The fourth-order valence-corrected chi connectivity index (χ4v) is 2.87. The van der Waals surface area contributed by atoms with E-state index in [2.05, 4.69) is 0 Å². The van der Waals surface area contributed by atoms with Crippen LogP contribution in [0.5, 0.6) is 0 Å². The standard InChI is InChI=1S/C13H13Cl2NO3/c1-7-5-16(6-8(7)13(18)19)12(17)11-9(14)3-2-4-10(11)15/h2-4,7-8H,5-6H2,1H3,(H,18,19)/t7-,8-/m1/s1. The summed E-state index contributed by atoms with van der Waals surface area (Å²) in [6, 6.07) is 4.85. The van der Waals surface area contributed by atoms with Crippen molar-refractivity contribution in [2.45, 2.75) is 6.92 Å². The number of carbonyl (C=O) groups excluding carboxylic acids is 1. The Balaban J connectivity index is 2.25. The zero-order valence-electron chi connectivity index (χ0n) is 10.3. The molecule has 1 aliphatic heterocycles. The van der Waals surface area contributed by atoms with Gasteiger partial charge in [-0.15, -0.1) is 0 Å². The molecule has 102 valence electrons. The van der Waals surface area contributed by atoms with Gasteiger partial charge in [0, 0.05) is 13.1 Å². The molecule has 1 N–H and O–H groups in total. The van der Waals surface area contributed by atoms with Gasteiger partial charge in [-0.3, -0.25) is 9.59 Å². The number of hydrogen-bond donors (Lipinski definition) is 1. The highest BCUT2D eigenvalue weighted by molar-refractivity contribution is 6.39. The number of rotatable bonds is 2. The van der Waals surface area contributed by atoms with Crippen molar-refractivity contribution in [1.29, 1.82) is 0 Å². The minimum absolute atomic E-state index is 0.0808. The van der Waals surface area contributed by atoms with E-state index in [1.54, 1.807) is 18.2 Å². The monoisotopic (exact) mass is 301 g/mol. The Bertz CT molecular complexity index is 512. The number of carboxylic acids is 1. The SMILES string of the molecule is C[C@@H]1CN(C(=O)c2c(Cl)cccc2Cl)C[C@H]1C(=O)O. The lowest BCUT2D eigenvalue weighted by Gasteiger charge is -2.17. The lowest BCUT2D eigenvalue weighted by atomic mass is 9.99. The van der Waals surface area contributed by atoms with Gasteiger partial charge in [0.1, 0.15) is 0 Å². The van der Waals surface area contributed by atoms with E-state index >= 15 is 0 Å². The molecule has 0 spiro atoms. The molecule has 6 heteroatoms. The highest BCUT2D eigenvalue weighted by Crippen LogP contribution is 2.30. The summed E-state index contributed by atoms with van der Waals surface area (Å²) in [7, 11) is 0. The van der Waals surface area contributed by atoms with Gasteiger partial charge in [0.2, 0.25) is 0 Å². The van der Waals surface area contributed by atoms with Crippen molar-refractivity contribution >= 4 is 35.1 Å². The average Bonchev–Trinajstić information content (AvgIpc) is 2.71. The molecule has 1 heterocycles. The van der Waals surface area contributed by atoms with E-state index < -0.39 is 11.9 Å². The third-order valence-corrected chi connectivity index (χ3v) is 4.02. The lowest BCUT2D eigenvalue weighted by Crippen LogP contribution is -2.30. The molecule has 2 rings (SSSR count). The van der Waals surface area contributed by atoms with Crippen molar-refractivity contribution in [2.24, 2.45) is 11.8 Å². The van der Waals surface area contributed by atoms with E-state index in [1.165, 1.54) is 4.90 Å². The maximum absolute atomic E-state index is 12.4. The van der Waals surface area contributed by atoms with Crippen LogP contribution in [0.1, 0.15) is 17.3 Å². The van der Waals surface area contributed by atoms with Gasteiger partial charge < -0.3 is 10.0 Å². The Morgan fingerprint density at radius 1 is 1.26 bits per heavy atom. The smallest absolute Gasteiger partial charge is 0.308 e. The average molecular weight is 302 g/mol. The van der Waals surface area contributed by atoms with Crippen LogP contribution in [0, 0.1) is 11.8 Å². The molecule has 1 aromatic carbocycles. The molecule has 1 amide bonds. The molecule has 0 unspecified atom stereocenters. The molecule has 1 aliphatic rings. The first-order valence-corrected chi connectivity index (χ1v) is 6.63. The van der Waals surface area contributed by atoms with E-state index in [9.17, 15) is 9.59 Å². The highest BCUT2D eigenvalue weighted by atomic mass is 35.5. The van der Waals surface area contributed by atoms with Crippen molar-refractivity contribution in [2.75, 3.05) is 13.1 Å². The minimum Gasteiger partial charge on any atom is -0.481 e. The topological polar surface area (TPSA) is 57.6 Å².